The molecule has 5 nitrogen and oxygen atoms in total. The van der Waals surface area contributed by atoms with Gasteiger partial charge in [0, 0.05) is 23.2 Å². The lowest BCUT2D eigenvalue weighted by atomic mass is 10.2. The van der Waals surface area contributed by atoms with E-state index in [1.807, 2.05) is 19.2 Å². The predicted octanol–water partition coefficient (Wildman–Crippen LogP) is 2.42. The molecular weight excluding hydrogens is 262 g/mol. The maximum atomic E-state index is 6.00. The van der Waals surface area contributed by atoms with E-state index in [1.54, 1.807) is 17.4 Å². The SMILES string of the molecule is Cc1cnc(CNc2cc3c(cc2N)OCCO3)s1. The Morgan fingerprint density at radius 2 is 2.05 bits per heavy atom. The number of thiazole rings is 1. The number of nitrogen functional groups attached to an aromatic ring is 1. The molecule has 1 aromatic carbocycles. The van der Waals surface area contributed by atoms with Crippen molar-refractivity contribution < 1.29 is 9.47 Å². The number of nitrogens with two attached hydrogens (primary N) is 1. The van der Waals surface area contributed by atoms with E-state index >= 15 is 0 Å². The molecule has 1 aliphatic rings. The molecule has 2 heterocycles. The molecule has 3 N–H and O–H groups in total. The van der Waals surface area contributed by atoms with Gasteiger partial charge in [-0.05, 0) is 6.92 Å². The molecule has 2 aromatic rings. The number of hydrogen-bond acceptors (Lipinski definition) is 6. The minimum absolute atomic E-state index is 0.567. The Morgan fingerprint density at radius 1 is 1.32 bits per heavy atom. The first-order valence-corrected chi connectivity index (χ1v) is 6.88. The van der Waals surface area contributed by atoms with Crippen LogP contribution in [0.5, 0.6) is 11.5 Å². The molecule has 1 aliphatic heterocycles. The van der Waals surface area contributed by atoms with Gasteiger partial charge in [-0.15, -0.1) is 11.3 Å². The fraction of sp³-hybridized carbons (Fsp3) is 0.308. The summed E-state index contributed by atoms with van der Waals surface area (Å²) in [7, 11) is 0. The maximum Gasteiger partial charge on any atom is 0.163 e. The Hall–Kier alpha value is -1.95. The second kappa shape index (κ2) is 4.97. The van der Waals surface area contributed by atoms with Crippen molar-refractivity contribution >= 4 is 22.7 Å². The van der Waals surface area contributed by atoms with Crippen LogP contribution >= 0.6 is 11.3 Å². The van der Waals surface area contributed by atoms with Gasteiger partial charge in [0.1, 0.15) is 18.2 Å². The summed E-state index contributed by atoms with van der Waals surface area (Å²) < 4.78 is 11.0. The summed E-state index contributed by atoms with van der Waals surface area (Å²) in [6.07, 6.45) is 1.87. The highest BCUT2D eigenvalue weighted by Crippen LogP contribution is 2.37. The van der Waals surface area contributed by atoms with Gasteiger partial charge in [-0.3, -0.25) is 0 Å². The van der Waals surface area contributed by atoms with Crippen LogP contribution in [0.15, 0.2) is 18.3 Å². The van der Waals surface area contributed by atoms with Crippen molar-refractivity contribution in [3.63, 3.8) is 0 Å². The first-order valence-electron chi connectivity index (χ1n) is 6.06. The van der Waals surface area contributed by atoms with E-state index in [4.69, 9.17) is 15.2 Å². The van der Waals surface area contributed by atoms with Crippen molar-refractivity contribution in [3.05, 3.63) is 28.2 Å². The predicted molar refractivity (Wildman–Crippen MR) is 76.0 cm³/mol. The van der Waals surface area contributed by atoms with Crippen molar-refractivity contribution in [3.8, 4) is 11.5 Å². The van der Waals surface area contributed by atoms with E-state index in [2.05, 4.69) is 10.3 Å². The van der Waals surface area contributed by atoms with Gasteiger partial charge in [-0.2, -0.15) is 0 Å². The van der Waals surface area contributed by atoms with Crippen LogP contribution in [0.2, 0.25) is 0 Å². The van der Waals surface area contributed by atoms with Crippen LogP contribution in [-0.2, 0) is 6.54 Å². The van der Waals surface area contributed by atoms with Gasteiger partial charge >= 0.3 is 0 Å². The van der Waals surface area contributed by atoms with Gasteiger partial charge in [0.05, 0.1) is 17.9 Å². The number of aromatic nitrogens is 1. The van der Waals surface area contributed by atoms with E-state index in [0.717, 1.165) is 16.4 Å². The summed E-state index contributed by atoms with van der Waals surface area (Å²) in [6, 6.07) is 3.67. The summed E-state index contributed by atoms with van der Waals surface area (Å²) in [5, 5.41) is 4.31. The molecule has 19 heavy (non-hydrogen) atoms. The van der Waals surface area contributed by atoms with Crippen LogP contribution in [0.4, 0.5) is 11.4 Å². The van der Waals surface area contributed by atoms with Crippen LogP contribution in [0.25, 0.3) is 0 Å². The minimum atomic E-state index is 0.567. The molecule has 0 spiro atoms. The lowest BCUT2D eigenvalue weighted by Gasteiger charge is -2.20. The molecule has 0 bridgehead atoms. The van der Waals surface area contributed by atoms with E-state index in [0.29, 0.717) is 31.2 Å². The summed E-state index contributed by atoms with van der Waals surface area (Å²) >= 11 is 1.67. The Bertz CT molecular complexity index is 598. The van der Waals surface area contributed by atoms with Crippen LogP contribution in [0.1, 0.15) is 9.88 Å². The minimum Gasteiger partial charge on any atom is -0.486 e. The maximum absolute atomic E-state index is 6.00. The van der Waals surface area contributed by atoms with E-state index in [9.17, 15) is 0 Å². The van der Waals surface area contributed by atoms with Gasteiger partial charge in [0.2, 0.25) is 0 Å². The van der Waals surface area contributed by atoms with Gasteiger partial charge in [0.15, 0.2) is 11.5 Å². The average Bonchev–Trinajstić information content (AvgIpc) is 2.82. The molecule has 1 aromatic heterocycles. The Balaban J connectivity index is 1.77. The third kappa shape index (κ3) is 2.58. The molecule has 0 saturated carbocycles. The Labute approximate surface area is 115 Å². The van der Waals surface area contributed by atoms with Crippen molar-refractivity contribution in [1.29, 1.82) is 0 Å². The number of ether oxygens (including phenoxy) is 2. The molecule has 0 amide bonds. The standard InChI is InChI=1S/C13H15N3O2S/c1-8-6-16-13(19-8)7-15-10-5-12-11(4-9(10)14)17-2-3-18-12/h4-6,15H,2-3,7,14H2,1H3. The third-order valence-corrected chi connectivity index (χ3v) is 3.73. The molecule has 3 rings (SSSR count). The first-order chi connectivity index (χ1) is 9.22. The number of nitrogens with one attached hydrogen (secondary N) is 1. The van der Waals surface area contributed by atoms with Gasteiger partial charge < -0.3 is 20.5 Å². The van der Waals surface area contributed by atoms with Crippen LogP contribution in [0.3, 0.4) is 0 Å². The molecule has 100 valence electrons. The first kappa shape index (κ1) is 12.1. The molecule has 0 aliphatic carbocycles. The normalized spacial score (nSPS) is 13.3. The topological polar surface area (TPSA) is 69.4 Å². The third-order valence-electron chi connectivity index (χ3n) is 2.81. The molecule has 6 heteroatoms. The van der Waals surface area contributed by atoms with E-state index in [-0.39, 0.29) is 0 Å². The van der Waals surface area contributed by atoms with E-state index in [1.165, 1.54) is 4.88 Å². The molecule has 0 unspecified atom stereocenters. The highest BCUT2D eigenvalue weighted by Gasteiger charge is 2.14. The smallest absolute Gasteiger partial charge is 0.163 e. The van der Waals surface area contributed by atoms with Crippen molar-refractivity contribution in [2.75, 3.05) is 24.3 Å². The summed E-state index contributed by atoms with van der Waals surface area (Å²) in [5.41, 5.74) is 7.49. The van der Waals surface area contributed by atoms with Crippen LogP contribution in [0, 0.1) is 6.92 Å². The Morgan fingerprint density at radius 3 is 2.74 bits per heavy atom. The fourth-order valence-electron chi connectivity index (χ4n) is 1.91. The summed E-state index contributed by atoms with van der Waals surface area (Å²) in [5.74, 6) is 1.44. The highest BCUT2D eigenvalue weighted by molar-refractivity contribution is 7.11. The van der Waals surface area contributed by atoms with Crippen LogP contribution < -0.4 is 20.5 Å². The molecule has 0 atom stereocenters. The zero-order valence-electron chi connectivity index (χ0n) is 10.6. The molecular formula is C13H15N3O2S. The van der Waals surface area contributed by atoms with Gasteiger partial charge in [-0.1, -0.05) is 0 Å². The molecule has 0 radical (unpaired) electrons. The highest BCUT2D eigenvalue weighted by atomic mass is 32.1. The largest absolute Gasteiger partial charge is 0.486 e. The number of aryl methyl sites for hydroxylation is 1. The van der Waals surface area contributed by atoms with Crippen molar-refractivity contribution in [1.82, 2.24) is 4.98 Å². The second-order valence-corrected chi connectivity index (χ2v) is 5.62. The zero-order chi connectivity index (χ0) is 13.2. The lowest BCUT2D eigenvalue weighted by Crippen LogP contribution is -2.16. The summed E-state index contributed by atoms with van der Waals surface area (Å²) in [4.78, 5) is 5.51. The van der Waals surface area contributed by atoms with Crippen molar-refractivity contribution in [2.24, 2.45) is 0 Å². The number of benzene rings is 1. The van der Waals surface area contributed by atoms with Crippen LogP contribution in [-0.4, -0.2) is 18.2 Å². The van der Waals surface area contributed by atoms with Crippen molar-refractivity contribution in [2.45, 2.75) is 13.5 Å². The molecule has 0 fully saturated rings. The fourth-order valence-corrected chi connectivity index (χ4v) is 2.64. The second-order valence-electron chi connectivity index (χ2n) is 4.30. The number of fused-ring (bicyclic) bond motifs is 1. The lowest BCUT2D eigenvalue weighted by molar-refractivity contribution is 0.172. The number of rotatable bonds is 3. The Kier molecular flexibility index (Phi) is 3.16. The number of nitrogens with zero attached hydrogens (tertiary/aromatic N) is 1. The number of anilines is 2. The summed E-state index contributed by atoms with van der Waals surface area (Å²) in [6.45, 7) is 3.83. The quantitative estimate of drug-likeness (QED) is 0.843. The zero-order valence-corrected chi connectivity index (χ0v) is 11.4. The van der Waals surface area contributed by atoms with E-state index < -0.39 is 0 Å². The number of hydrogen-bond donors (Lipinski definition) is 2. The molecule has 0 saturated heterocycles. The average molecular weight is 277 g/mol. The van der Waals surface area contributed by atoms with Gasteiger partial charge in [0.25, 0.3) is 0 Å². The van der Waals surface area contributed by atoms with Gasteiger partial charge in [-0.25, -0.2) is 4.98 Å². The monoisotopic (exact) mass is 277 g/mol.